The number of benzene rings is 3. The number of aliphatic hydroxyl groups excluding tert-OH is 1. The zero-order chi connectivity index (χ0) is 24.0. The van der Waals surface area contributed by atoms with Crippen molar-refractivity contribution >= 4 is 12.0 Å². The van der Waals surface area contributed by atoms with E-state index in [1.165, 1.54) is 6.07 Å². The van der Waals surface area contributed by atoms with Crippen LogP contribution in [0.3, 0.4) is 0 Å². The number of nitrogens with zero attached hydrogens (tertiary/aromatic N) is 1. The Morgan fingerprint density at radius 2 is 1.62 bits per heavy atom. The monoisotopic (exact) mass is 462 g/mol. The molecule has 4 rings (SSSR count). The van der Waals surface area contributed by atoms with Gasteiger partial charge < -0.3 is 10.4 Å². The number of halogens is 2. The van der Waals surface area contributed by atoms with E-state index in [1.54, 1.807) is 6.08 Å². The summed E-state index contributed by atoms with van der Waals surface area (Å²) in [7, 11) is 0. The molecule has 0 saturated carbocycles. The molecule has 1 saturated heterocycles. The molecule has 1 unspecified atom stereocenters. The van der Waals surface area contributed by atoms with Crippen LogP contribution in [0.1, 0.15) is 29.5 Å². The van der Waals surface area contributed by atoms with Gasteiger partial charge in [0.15, 0.2) is 11.6 Å². The van der Waals surface area contributed by atoms with Gasteiger partial charge >= 0.3 is 0 Å². The summed E-state index contributed by atoms with van der Waals surface area (Å²) < 4.78 is 26.8. The fraction of sp³-hybridized carbons (Fsp3) is 0.250. The van der Waals surface area contributed by atoms with E-state index in [1.807, 2.05) is 71.6 Å². The Labute approximate surface area is 198 Å². The number of aliphatic hydroxyl groups is 1. The maximum Gasteiger partial charge on any atom is 0.231 e. The maximum absolute atomic E-state index is 13.6. The number of amides is 1. The Balaban J connectivity index is 1.46. The van der Waals surface area contributed by atoms with Crippen molar-refractivity contribution in [2.45, 2.75) is 31.0 Å². The number of piperidine rings is 1. The third kappa shape index (κ3) is 5.41. The standard InChI is InChI=1S/C28H28F2N2O2/c29-24-13-11-22(19-25(24)30)20-31-27(34)28(23-9-5-2-6-10-23)15-17-32(18-16-28)26(33)14-12-21-7-3-1-4-8-21/h1-14,19,26,33H,15-18,20H2,(H,31,34)/b14-12+. The van der Waals surface area contributed by atoms with Crippen molar-refractivity contribution in [2.75, 3.05) is 13.1 Å². The molecule has 176 valence electrons. The molecule has 1 amide bonds. The SMILES string of the molecule is O=C(NCc1ccc(F)c(F)c1)C1(c2ccccc2)CCN(C(O)/C=C/c2ccccc2)CC1. The Morgan fingerprint density at radius 1 is 0.971 bits per heavy atom. The molecule has 1 aliphatic rings. The minimum absolute atomic E-state index is 0.108. The third-order valence-electron chi connectivity index (χ3n) is 6.48. The lowest BCUT2D eigenvalue weighted by molar-refractivity contribution is -0.129. The second kappa shape index (κ2) is 10.7. The molecule has 6 heteroatoms. The summed E-state index contributed by atoms with van der Waals surface area (Å²) in [6.07, 6.45) is 3.94. The number of hydrogen-bond donors (Lipinski definition) is 2. The van der Waals surface area contributed by atoms with Crippen LogP contribution in [-0.4, -0.2) is 35.2 Å². The second-order valence-corrected chi connectivity index (χ2v) is 8.60. The number of carbonyl (C=O) groups is 1. The predicted molar refractivity (Wildman–Crippen MR) is 129 cm³/mol. The van der Waals surface area contributed by atoms with Gasteiger partial charge in [-0.2, -0.15) is 0 Å². The Morgan fingerprint density at radius 3 is 2.26 bits per heavy atom. The largest absolute Gasteiger partial charge is 0.375 e. The van der Waals surface area contributed by atoms with E-state index in [0.29, 0.717) is 31.5 Å². The highest BCUT2D eigenvalue weighted by Crippen LogP contribution is 2.36. The molecule has 0 spiro atoms. The lowest BCUT2D eigenvalue weighted by atomic mass is 9.72. The van der Waals surface area contributed by atoms with Crippen molar-refractivity contribution in [1.82, 2.24) is 10.2 Å². The summed E-state index contributed by atoms with van der Waals surface area (Å²) >= 11 is 0. The van der Waals surface area contributed by atoms with Crippen molar-refractivity contribution in [1.29, 1.82) is 0 Å². The molecule has 4 nitrogen and oxygen atoms in total. The van der Waals surface area contributed by atoms with Crippen LogP contribution in [-0.2, 0) is 16.8 Å². The van der Waals surface area contributed by atoms with Crippen molar-refractivity contribution in [3.05, 3.63) is 113 Å². The first kappa shape index (κ1) is 23.8. The Hall–Kier alpha value is -3.35. The highest BCUT2D eigenvalue weighted by molar-refractivity contribution is 5.88. The smallest absolute Gasteiger partial charge is 0.231 e. The lowest BCUT2D eigenvalue weighted by Crippen LogP contribution is -2.53. The van der Waals surface area contributed by atoms with E-state index < -0.39 is 23.3 Å². The van der Waals surface area contributed by atoms with Gasteiger partial charge in [-0.3, -0.25) is 9.69 Å². The van der Waals surface area contributed by atoms with Crippen LogP contribution in [0, 0.1) is 11.6 Å². The fourth-order valence-electron chi connectivity index (χ4n) is 4.46. The zero-order valence-electron chi connectivity index (χ0n) is 18.8. The van der Waals surface area contributed by atoms with E-state index >= 15 is 0 Å². The van der Waals surface area contributed by atoms with Gasteiger partial charge in [0.25, 0.3) is 0 Å². The molecule has 0 aromatic heterocycles. The van der Waals surface area contributed by atoms with Gasteiger partial charge in [-0.1, -0.05) is 72.8 Å². The summed E-state index contributed by atoms with van der Waals surface area (Å²) in [4.78, 5) is 15.4. The summed E-state index contributed by atoms with van der Waals surface area (Å²) in [6, 6.07) is 23.0. The average molecular weight is 463 g/mol. The average Bonchev–Trinajstić information content (AvgIpc) is 2.89. The van der Waals surface area contributed by atoms with Crippen LogP contribution in [0.25, 0.3) is 6.08 Å². The molecular formula is C28H28F2N2O2. The Kier molecular flexibility index (Phi) is 7.50. The first-order chi connectivity index (χ1) is 16.5. The molecule has 1 fully saturated rings. The van der Waals surface area contributed by atoms with Crippen LogP contribution < -0.4 is 5.32 Å². The molecule has 0 radical (unpaired) electrons. The van der Waals surface area contributed by atoms with Crippen LogP contribution in [0.15, 0.2) is 84.9 Å². The number of rotatable bonds is 7. The van der Waals surface area contributed by atoms with Gasteiger partial charge in [0.2, 0.25) is 5.91 Å². The number of nitrogens with one attached hydrogen (secondary N) is 1. The highest BCUT2D eigenvalue weighted by atomic mass is 19.2. The molecular weight excluding hydrogens is 434 g/mol. The zero-order valence-corrected chi connectivity index (χ0v) is 18.8. The van der Waals surface area contributed by atoms with Gasteiger partial charge in [-0.25, -0.2) is 8.78 Å². The molecule has 0 bridgehead atoms. The topological polar surface area (TPSA) is 52.6 Å². The van der Waals surface area contributed by atoms with Crippen molar-refractivity contribution in [3.8, 4) is 0 Å². The normalized spacial score (nSPS) is 16.9. The molecule has 3 aromatic carbocycles. The number of likely N-dealkylation sites (tertiary alicyclic amines) is 1. The van der Waals surface area contributed by atoms with E-state index in [0.717, 1.165) is 23.3 Å². The fourth-order valence-corrected chi connectivity index (χ4v) is 4.46. The van der Waals surface area contributed by atoms with Gasteiger partial charge in [-0.15, -0.1) is 0 Å². The number of carbonyl (C=O) groups excluding carboxylic acids is 1. The molecule has 1 heterocycles. The minimum Gasteiger partial charge on any atom is -0.375 e. The van der Waals surface area contributed by atoms with E-state index in [-0.39, 0.29) is 12.5 Å². The Bertz CT molecular complexity index is 1130. The molecule has 1 atom stereocenters. The van der Waals surface area contributed by atoms with Crippen molar-refractivity contribution < 1.29 is 18.7 Å². The van der Waals surface area contributed by atoms with Gasteiger partial charge in [0.1, 0.15) is 6.23 Å². The molecule has 34 heavy (non-hydrogen) atoms. The van der Waals surface area contributed by atoms with Crippen LogP contribution in [0.5, 0.6) is 0 Å². The lowest BCUT2D eigenvalue weighted by Gasteiger charge is -2.42. The highest BCUT2D eigenvalue weighted by Gasteiger charge is 2.43. The summed E-state index contributed by atoms with van der Waals surface area (Å²) in [5.74, 6) is -2.00. The molecule has 1 aliphatic heterocycles. The predicted octanol–water partition coefficient (Wildman–Crippen LogP) is 4.65. The summed E-state index contributed by atoms with van der Waals surface area (Å²) in [5.41, 5.74) is 1.65. The maximum atomic E-state index is 13.6. The van der Waals surface area contributed by atoms with Crippen molar-refractivity contribution in [2.24, 2.45) is 0 Å². The quantitative estimate of drug-likeness (QED) is 0.538. The van der Waals surface area contributed by atoms with Crippen LogP contribution in [0.4, 0.5) is 8.78 Å². The minimum atomic E-state index is -0.935. The van der Waals surface area contributed by atoms with Crippen LogP contribution in [0.2, 0.25) is 0 Å². The van der Waals surface area contributed by atoms with Crippen molar-refractivity contribution in [3.63, 3.8) is 0 Å². The number of hydrogen-bond acceptors (Lipinski definition) is 3. The first-order valence-electron chi connectivity index (χ1n) is 11.4. The van der Waals surface area contributed by atoms with E-state index in [4.69, 9.17) is 0 Å². The second-order valence-electron chi connectivity index (χ2n) is 8.60. The first-order valence-corrected chi connectivity index (χ1v) is 11.4. The van der Waals surface area contributed by atoms with Crippen LogP contribution >= 0.6 is 0 Å². The van der Waals surface area contributed by atoms with E-state index in [2.05, 4.69) is 5.32 Å². The molecule has 3 aromatic rings. The third-order valence-corrected chi connectivity index (χ3v) is 6.48. The van der Waals surface area contributed by atoms with Gasteiger partial charge in [0, 0.05) is 19.6 Å². The molecule has 2 N–H and O–H groups in total. The summed E-state index contributed by atoms with van der Waals surface area (Å²) in [5, 5.41) is 13.6. The molecule has 0 aliphatic carbocycles. The summed E-state index contributed by atoms with van der Waals surface area (Å²) in [6.45, 7) is 1.18. The van der Waals surface area contributed by atoms with Gasteiger partial charge in [-0.05, 0) is 47.7 Å². The van der Waals surface area contributed by atoms with E-state index in [9.17, 15) is 18.7 Å². The van der Waals surface area contributed by atoms with Gasteiger partial charge in [0.05, 0.1) is 5.41 Å².